The Kier molecular flexibility index (Phi) is 6.18. The minimum absolute atomic E-state index is 0.0851. The Morgan fingerprint density at radius 1 is 1.17 bits per heavy atom. The summed E-state index contributed by atoms with van der Waals surface area (Å²) in [5.41, 5.74) is 6.60. The molecule has 186 valence electrons. The summed E-state index contributed by atoms with van der Waals surface area (Å²) in [6.07, 6.45) is -0.835. The number of aliphatic hydroxyl groups is 2. The van der Waals surface area contributed by atoms with Crippen molar-refractivity contribution >= 4 is 29.0 Å². The second kappa shape index (κ2) is 9.29. The quantitative estimate of drug-likeness (QED) is 0.351. The molecule has 2 aliphatic heterocycles. The predicted molar refractivity (Wildman–Crippen MR) is 121 cm³/mol. The topological polar surface area (TPSA) is 189 Å². The number of aliphatic hydroxyl groups excluding tert-OH is 2. The number of amides is 2. The molecule has 13 nitrogen and oxygen atoms in total. The van der Waals surface area contributed by atoms with Gasteiger partial charge in [-0.15, -0.1) is 0 Å². The van der Waals surface area contributed by atoms with E-state index in [1.807, 2.05) is 0 Å². The number of carboxylic acid groups (broad SMARTS) is 1. The maximum absolute atomic E-state index is 12.4. The number of imidazole rings is 1. The fourth-order valence-corrected chi connectivity index (χ4v) is 4.40. The Morgan fingerprint density at radius 2 is 1.91 bits per heavy atom. The SMILES string of the molecule is Nc1nc(C#CCC2CCN(C(=O)O)CC2)nc2c1ncn2[C@@H]1O[C@H](C(=O)NC2CC2)C(O)[C@@H]1O. The molecule has 0 aromatic carbocycles. The molecular formula is C22H27N7O6. The fourth-order valence-electron chi connectivity index (χ4n) is 4.40. The lowest BCUT2D eigenvalue weighted by Crippen LogP contribution is -2.43. The van der Waals surface area contributed by atoms with E-state index < -0.39 is 36.5 Å². The van der Waals surface area contributed by atoms with Crippen LogP contribution in [0.5, 0.6) is 0 Å². The van der Waals surface area contributed by atoms with Crippen LogP contribution in [0.2, 0.25) is 0 Å². The molecule has 6 N–H and O–H groups in total. The highest BCUT2D eigenvalue weighted by Crippen LogP contribution is 2.33. The molecule has 35 heavy (non-hydrogen) atoms. The summed E-state index contributed by atoms with van der Waals surface area (Å²) in [5.74, 6) is 6.03. The van der Waals surface area contributed by atoms with E-state index in [1.165, 1.54) is 15.8 Å². The number of rotatable bonds is 4. The molecule has 4 atom stereocenters. The second-order valence-electron chi connectivity index (χ2n) is 9.19. The molecule has 4 heterocycles. The second-order valence-corrected chi connectivity index (χ2v) is 9.19. The van der Waals surface area contributed by atoms with Crippen molar-refractivity contribution in [3.8, 4) is 11.8 Å². The number of anilines is 1. The van der Waals surface area contributed by atoms with Crippen LogP contribution in [-0.2, 0) is 9.53 Å². The normalized spacial score (nSPS) is 27.0. The first kappa shape index (κ1) is 23.3. The van der Waals surface area contributed by atoms with Gasteiger partial charge in [-0.25, -0.2) is 19.7 Å². The number of aromatic nitrogens is 4. The molecule has 2 aromatic rings. The van der Waals surface area contributed by atoms with E-state index in [0.717, 1.165) is 25.7 Å². The van der Waals surface area contributed by atoms with Crippen molar-refractivity contribution in [2.24, 2.45) is 5.92 Å². The van der Waals surface area contributed by atoms with Crippen LogP contribution in [0.1, 0.15) is 44.2 Å². The van der Waals surface area contributed by atoms with Crippen molar-refractivity contribution in [2.75, 3.05) is 18.8 Å². The van der Waals surface area contributed by atoms with Crippen LogP contribution < -0.4 is 11.1 Å². The lowest BCUT2D eigenvalue weighted by Gasteiger charge is -2.28. The van der Waals surface area contributed by atoms with Gasteiger partial charge in [-0.3, -0.25) is 9.36 Å². The number of carbonyl (C=O) groups is 2. The van der Waals surface area contributed by atoms with Gasteiger partial charge in [-0.1, -0.05) is 5.92 Å². The van der Waals surface area contributed by atoms with Crippen molar-refractivity contribution < 1.29 is 29.6 Å². The van der Waals surface area contributed by atoms with Crippen LogP contribution >= 0.6 is 0 Å². The fraction of sp³-hybridized carbons (Fsp3) is 0.591. The van der Waals surface area contributed by atoms with Gasteiger partial charge in [-0.2, -0.15) is 0 Å². The molecule has 3 aliphatic rings. The summed E-state index contributed by atoms with van der Waals surface area (Å²) in [6.45, 7) is 0.983. The van der Waals surface area contributed by atoms with E-state index in [2.05, 4.69) is 32.1 Å². The minimum atomic E-state index is -1.41. The van der Waals surface area contributed by atoms with Crippen molar-refractivity contribution in [3.63, 3.8) is 0 Å². The minimum Gasteiger partial charge on any atom is -0.465 e. The summed E-state index contributed by atoms with van der Waals surface area (Å²) in [6, 6.07) is 0.0851. The third-order valence-corrected chi connectivity index (χ3v) is 6.62. The first-order chi connectivity index (χ1) is 16.8. The van der Waals surface area contributed by atoms with E-state index in [1.54, 1.807) is 0 Å². The molecule has 2 amide bonds. The highest BCUT2D eigenvalue weighted by Gasteiger charge is 2.48. The van der Waals surface area contributed by atoms with Crippen LogP contribution in [0, 0.1) is 17.8 Å². The summed E-state index contributed by atoms with van der Waals surface area (Å²) in [7, 11) is 0. The van der Waals surface area contributed by atoms with Crippen LogP contribution in [-0.4, -0.2) is 89.2 Å². The molecule has 2 saturated heterocycles. The summed E-state index contributed by atoms with van der Waals surface area (Å²) < 4.78 is 7.14. The molecule has 5 rings (SSSR count). The van der Waals surface area contributed by atoms with Gasteiger partial charge in [0, 0.05) is 25.6 Å². The third kappa shape index (κ3) is 4.72. The van der Waals surface area contributed by atoms with E-state index in [4.69, 9.17) is 15.6 Å². The summed E-state index contributed by atoms with van der Waals surface area (Å²) in [4.78, 5) is 37.7. The number of nitrogens with two attached hydrogens (primary N) is 1. The molecule has 3 fully saturated rings. The number of nitrogens with zero attached hydrogens (tertiary/aromatic N) is 5. The Labute approximate surface area is 200 Å². The molecule has 1 saturated carbocycles. The number of fused-ring (bicyclic) bond motifs is 1. The summed E-state index contributed by atoms with van der Waals surface area (Å²) in [5, 5.41) is 32.8. The first-order valence-corrected chi connectivity index (χ1v) is 11.6. The smallest absolute Gasteiger partial charge is 0.407 e. The molecule has 0 bridgehead atoms. The van der Waals surface area contributed by atoms with Crippen LogP contribution in [0.25, 0.3) is 11.2 Å². The van der Waals surface area contributed by atoms with Crippen LogP contribution in [0.15, 0.2) is 6.33 Å². The van der Waals surface area contributed by atoms with Gasteiger partial charge in [0.05, 0.1) is 6.33 Å². The van der Waals surface area contributed by atoms with Gasteiger partial charge in [0.1, 0.15) is 17.7 Å². The maximum Gasteiger partial charge on any atom is 0.407 e. The number of piperidine rings is 1. The van der Waals surface area contributed by atoms with Crippen molar-refractivity contribution in [1.82, 2.24) is 29.7 Å². The Hall–Kier alpha value is -3.47. The number of nitrogen functional groups attached to an aromatic ring is 1. The van der Waals surface area contributed by atoms with Crippen molar-refractivity contribution in [3.05, 3.63) is 12.2 Å². The number of hydrogen-bond acceptors (Lipinski definition) is 9. The van der Waals surface area contributed by atoms with Gasteiger partial charge >= 0.3 is 6.09 Å². The standard InChI is InChI=1S/C22H27N7O6/c23-18-14-19(27-13(26-18)3-1-2-11-6-8-28(9-7-11)22(33)34)29(10-24-14)21-16(31)15(30)17(35-21)20(32)25-12-4-5-12/h10-12,15-17,21,30-31H,2,4-9H2,(H,25,32)(H,33,34)(H2,23,26,27)/t15?,16-,17-,21+/m0/s1. The number of carbonyl (C=O) groups excluding carboxylic acids is 1. The van der Waals surface area contributed by atoms with Gasteiger partial charge < -0.3 is 36.0 Å². The van der Waals surface area contributed by atoms with Crippen LogP contribution in [0.3, 0.4) is 0 Å². The number of likely N-dealkylation sites (tertiary alicyclic amines) is 1. The maximum atomic E-state index is 12.4. The number of ether oxygens (including phenoxy) is 1. The molecule has 1 unspecified atom stereocenters. The van der Waals surface area contributed by atoms with Crippen molar-refractivity contribution in [1.29, 1.82) is 0 Å². The van der Waals surface area contributed by atoms with E-state index in [-0.39, 0.29) is 34.8 Å². The van der Waals surface area contributed by atoms with Crippen molar-refractivity contribution in [2.45, 2.75) is 62.7 Å². The molecule has 0 radical (unpaired) electrons. The zero-order valence-corrected chi connectivity index (χ0v) is 18.9. The van der Waals surface area contributed by atoms with Gasteiger partial charge in [0.25, 0.3) is 5.91 Å². The largest absolute Gasteiger partial charge is 0.465 e. The highest BCUT2D eigenvalue weighted by molar-refractivity contribution is 5.83. The number of hydrogen-bond donors (Lipinski definition) is 5. The highest BCUT2D eigenvalue weighted by atomic mass is 16.6. The molecule has 13 heteroatoms. The third-order valence-electron chi connectivity index (χ3n) is 6.62. The van der Waals surface area contributed by atoms with E-state index in [9.17, 15) is 19.8 Å². The van der Waals surface area contributed by atoms with E-state index in [0.29, 0.717) is 19.5 Å². The zero-order valence-electron chi connectivity index (χ0n) is 18.9. The average molecular weight is 486 g/mol. The predicted octanol–water partition coefficient (Wildman–Crippen LogP) is -0.562. The summed E-state index contributed by atoms with van der Waals surface area (Å²) >= 11 is 0. The van der Waals surface area contributed by atoms with Gasteiger partial charge in [0.2, 0.25) is 5.82 Å². The Bertz CT molecular complexity index is 1190. The zero-order chi connectivity index (χ0) is 24.7. The average Bonchev–Trinajstić information content (AvgIpc) is 3.47. The van der Waals surface area contributed by atoms with Gasteiger partial charge in [0.15, 0.2) is 23.8 Å². The van der Waals surface area contributed by atoms with Crippen LogP contribution in [0.4, 0.5) is 10.6 Å². The Morgan fingerprint density at radius 3 is 2.60 bits per heavy atom. The molecular weight excluding hydrogens is 458 g/mol. The molecule has 2 aromatic heterocycles. The lowest BCUT2D eigenvalue weighted by atomic mass is 9.94. The monoisotopic (exact) mass is 485 g/mol. The van der Waals surface area contributed by atoms with E-state index >= 15 is 0 Å². The lowest BCUT2D eigenvalue weighted by molar-refractivity contribution is -0.137. The first-order valence-electron chi connectivity index (χ1n) is 11.6. The van der Waals surface area contributed by atoms with Gasteiger partial charge in [-0.05, 0) is 37.5 Å². The molecule has 1 aliphatic carbocycles. The molecule has 0 spiro atoms. The Balaban J connectivity index is 1.31. The number of nitrogens with one attached hydrogen (secondary N) is 1.